The highest BCUT2D eigenvalue weighted by Gasteiger charge is 2.32. The number of hydrogen-bond donors (Lipinski definition) is 2. The summed E-state index contributed by atoms with van der Waals surface area (Å²) in [7, 11) is 3.08. The highest BCUT2D eigenvalue weighted by molar-refractivity contribution is 8.26. The molecule has 0 bridgehead atoms. The molecule has 2 N–H and O–H groups in total. The molecule has 2 rings (SSSR count). The molecule has 1 aromatic carbocycles. The van der Waals surface area contributed by atoms with Crippen LogP contribution in [0, 0.1) is 0 Å². The summed E-state index contributed by atoms with van der Waals surface area (Å²) in [5.41, 5.74) is 5.20. The van der Waals surface area contributed by atoms with Gasteiger partial charge >= 0.3 is 0 Å². The van der Waals surface area contributed by atoms with E-state index in [9.17, 15) is 14.4 Å². The van der Waals surface area contributed by atoms with Crippen molar-refractivity contribution in [2.45, 2.75) is 13.3 Å². The summed E-state index contributed by atoms with van der Waals surface area (Å²) in [4.78, 5) is 36.8. The summed E-state index contributed by atoms with van der Waals surface area (Å²) in [5.74, 6) is 0.0748. The van der Waals surface area contributed by atoms with Crippen LogP contribution in [0.1, 0.15) is 18.9 Å². The lowest BCUT2D eigenvalue weighted by molar-refractivity contribution is -0.128. The number of nitrogens with zero attached hydrogens (tertiary/aromatic N) is 1. The fourth-order valence-corrected chi connectivity index (χ4v) is 3.53. The van der Waals surface area contributed by atoms with Gasteiger partial charge in [-0.3, -0.25) is 30.1 Å². The molecule has 0 radical (unpaired) electrons. The Kier molecular flexibility index (Phi) is 7.19. The fraction of sp³-hybridized carbons (Fsp3) is 0.294. The third-order valence-corrected chi connectivity index (χ3v) is 4.90. The predicted molar refractivity (Wildman–Crippen MR) is 106 cm³/mol. The molecule has 1 aliphatic heterocycles. The molecule has 1 aromatic rings. The number of ether oxygens (including phenoxy) is 2. The van der Waals surface area contributed by atoms with Gasteiger partial charge in [0.1, 0.15) is 4.32 Å². The highest BCUT2D eigenvalue weighted by atomic mass is 32.2. The Balaban J connectivity index is 2.05. The van der Waals surface area contributed by atoms with E-state index in [2.05, 4.69) is 10.9 Å². The van der Waals surface area contributed by atoms with E-state index in [0.717, 1.165) is 5.56 Å². The van der Waals surface area contributed by atoms with Crippen LogP contribution in [0.25, 0.3) is 6.08 Å². The number of amides is 3. The van der Waals surface area contributed by atoms with Gasteiger partial charge in [-0.15, -0.1) is 0 Å². The van der Waals surface area contributed by atoms with Gasteiger partial charge in [0.2, 0.25) is 11.8 Å². The van der Waals surface area contributed by atoms with E-state index in [0.29, 0.717) is 20.7 Å². The van der Waals surface area contributed by atoms with Crippen molar-refractivity contribution in [3.8, 4) is 11.5 Å². The van der Waals surface area contributed by atoms with Gasteiger partial charge in [0.25, 0.3) is 5.91 Å². The van der Waals surface area contributed by atoms with Crippen LogP contribution in [0.5, 0.6) is 11.5 Å². The van der Waals surface area contributed by atoms with E-state index in [1.807, 2.05) is 0 Å². The molecule has 1 saturated heterocycles. The molecule has 1 fully saturated rings. The van der Waals surface area contributed by atoms with Gasteiger partial charge < -0.3 is 9.47 Å². The standard InChI is InChI=1S/C17H19N3O5S2/c1-10(21)18-19-15(22)6-7-20-16(23)14(27-17(20)26)9-11-4-5-12(24-2)13(8-11)25-3/h4-5,8-9H,6-7H2,1-3H3,(H,18,21)(H,19,22)/b14-9+. The van der Waals surface area contributed by atoms with Gasteiger partial charge in [-0.1, -0.05) is 30.0 Å². The molecule has 1 heterocycles. The van der Waals surface area contributed by atoms with Crippen molar-refractivity contribution in [3.63, 3.8) is 0 Å². The van der Waals surface area contributed by atoms with E-state index in [1.54, 1.807) is 31.4 Å². The van der Waals surface area contributed by atoms with Gasteiger partial charge in [0.15, 0.2) is 11.5 Å². The van der Waals surface area contributed by atoms with Crippen molar-refractivity contribution < 1.29 is 23.9 Å². The first-order valence-corrected chi connectivity index (χ1v) is 9.11. The van der Waals surface area contributed by atoms with Crippen LogP contribution in [0.3, 0.4) is 0 Å². The molecule has 10 heteroatoms. The number of thiocarbonyl (C=S) groups is 1. The molecule has 0 atom stereocenters. The topological polar surface area (TPSA) is 97.0 Å². The number of methoxy groups -OCH3 is 2. The SMILES string of the molecule is COc1ccc(/C=C2/SC(=S)N(CCC(=O)NNC(C)=O)C2=O)cc1OC. The maximum Gasteiger partial charge on any atom is 0.266 e. The molecular formula is C17H19N3O5S2. The number of carbonyl (C=O) groups excluding carboxylic acids is 3. The zero-order chi connectivity index (χ0) is 20.0. The zero-order valence-electron chi connectivity index (χ0n) is 15.0. The van der Waals surface area contributed by atoms with Crippen LogP contribution in [0.15, 0.2) is 23.1 Å². The maximum atomic E-state index is 12.6. The molecule has 0 aromatic heterocycles. The second-order valence-corrected chi connectivity index (χ2v) is 7.10. The van der Waals surface area contributed by atoms with Gasteiger partial charge in [-0.2, -0.15) is 0 Å². The first kappa shape index (κ1) is 20.7. The Labute approximate surface area is 166 Å². The van der Waals surface area contributed by atoms with Crippen LogP contribution in [0.2, 0.25) is 0 Å². The maximum absolute atomic E-state index is 12.6. The van der Waals surface area contributed by atoms with Crippen molar-refractivity contribution >= 4 is 52.1 Å². The molecule has 0 aliphatic carbocycles. The molecule has 3 amide bonds. The van der Waals surface area contributed by atoms with Crippen LogP contribution in [-0.4, -0.2) is 47.7 Å². The van der Waals surface area contributed by atoms with Gasteiger partial charge in [0.05, 0.1) is 19.1 Å². The average Bonchev–Trinajstić information content (AvgIpc) is 2.91. The summed E-state index contributed by atoms with van der Waals surface area (Å²) < 4.78 is 10.8. The number of rotatable bonds is 6. The third-order valence-electron chi connectivity index (χ3n) is 3.52. The number of nitrogens with one attached hydrogen (secondary N) is 2. The van der Waals surface area contributed by atoms with Crippen molar-refractivity contribution in [3.05, 3.63) is 28.7 Å². The molecule has 0 saturated carbocycles. The number of benzene rings is 1. The van der Waals surface area contributed by atoms with E-state index in [1.165, 1.54) is 30.7 Å². The second kappa shape index (κ2) is 9.38. The zero-order valence-corrected chi connectivity index (χ0v) is 16.7. The lowest BCUT2D eigenvalue weighted by Crippen LogP contribution is -2.42. The molecule has 1 aliphatic rings. The lowest BCUT2D eigenvalue weighted by Gasteiger charge is -2.14. The minimum Gasteiger partial charge on any atom is -0.493 e. The normalized spacial score (nSPS) is 15.1. The number of thioether (sulfide) groups is 1. The Morgan fingerprint density at radius 1 is 1.22 bits per heavy atom. The van der Waals surface area contributed by atoms with E-state index in [4.69, 9.17) is 21.7 Å². The Bertz CT molecular complexity index is 810. The van der Waals surface area contributed by atoms with E-state index >= 15 is 0 Å². The van der Waals surface area contributed by atoms with Crippen molar-refractivity contribution in [2.75, 3.05) is 20.8 Å². The molecule has 0 spiro atoms. The summed E-state index contributed by atoms with van der Waals surface area (Å²) in [6.45, 7) is 1.40. The minimum atomic E-state index is -0.414. The highest BCUT2D eigenvalue weighted by Crippen LogP contribution is 2.34. The summed E-state index contributed by atoms with van der Waals surface area (Å²) in [6.07, 6.45) is 1.72. The quantitative estimate of drug-likeness (QED) is 0.417. The summed E-state index contributed by atoms with van der Waals surface area (Å²) >= 11 is 6.40. The molecule has 27 heavy (non-hydrogen) atoms. The number of hydrogen-bond acceptors (Lipinski definition) is 7. The van der Waals surface area contributed by atoms with E-state index in [-0.39, 0.29) is 24.8 Å². The Morgan fingerprint density at radius 3 is 2.56 bits per heavy atom. The van der Waals surface area contributed by atoms with Crippen molar-refractivity contribution in [2.24, 2.45) is 0 Å². The van der Waals surface area contributed by atoms with Crippen molar-refractivity contribution in [1.29, 1.82) is 0 Å². The Hall–Kier alpha value is -2.59. The average molecular weight is 409 g/mol. The van der Waals surface area contributed by atoms with Gasteiger partial charge in [-0.25, -0.2) is 0 Å². The molecule has 0 unspecified atom stereocenters. The summed E-state index contributed by atoms with van der Waals surface area (Å²) in [6, 6.07) is 5.30. The van der Waals surface area contributed by atoms with Crippen LogP contribution < -0.4 is 20.3 Å². The summed E-state index contributed by atoms with van der Waals surface area (Å²) in [5, 5.41) is 0. The second-order valence-electron chi connectivity index (χ2n) is 5.43. The fourth-order valence-electron chi connectivity index (χ4n) is 2.22. The molecule has 8 nitrogen and oxygen atoms in total. The Morgan fingerprint density at radius 2 is 1.93 bits per heavy atom. The largest absolute Gasteiger partial charge is 0.493 e. The number of hydrazine groups is 1. The molecule has 144 valence electrons. The van der Waals surface area contributed by atoms with E-state index < -0.39 is 5.91 Å². The smallest absolute Gasteiger partial charge is 0.266 e. The monoisotopic (exact) mass is 409 g/mol. The molecular weight excluding hydrogens is 390 g/mol. The number of carbonyl (C=O) groups is 3. The van der Waals surface area contributed by atoms with Gasteiger partial charge in [-0.05, 0) is 23.8 Å². The third kappa shape index (κ3) is 5.44. The van der Waals surface area contributed by atoms with Crippen molar-refractivity contribution in [1.82, 2.24) is 15.8 Å². The van der Waals surface area contributed by atoms with Crippen LogP contribution in [0.4, 0.5) is 0 Å². The first-order chi connectivity index (χ1) is 12.8. The minimum absolute atomic E-state index is 0.0103. The van der Waals surface area contributed by atoms with Gasteiger partial charge in [0, 0.05) is 19.9 Å². The lowest BCUT2D eigenvalue weighted by atomic mass is 10.2. The van der Waals surface area contributed by atoms with Crippen LogP contribution >= 0.6 is 24.0 Å². The van der Waals surface area contributed by atoms with Crippen LogP contribution in [-0.2, 0) is 14.4 Å². The predicted octanol–water partition coefficient (Wildman–Crippen LogP) is 1.46. The first-order valence-electron chi connectivity index (χ1n) is 7.88.